The summed E-state index contributed by atoms with van der Waals surface area (Å²) in [6, 6.07) is 10.6. The van der Waals surface area contributed by atoms with E-state index in [4.69, 9.17) is 0 Å². The fourth-order valence-corrected chi connectivity index (χ4v) is 3.58. The van der Waals surface area contributed by atoms with Gasteiger partial charge in [0.15, 0.2) is 0 Å². The summed E-state index contributed by atoms with van der Waals surface area (Å²) in [5.74, 6) is 0.115. The van der Waals surface area contributed by atoms with E-state index in [1.165, 1.54) is 21.6 Å². The van der Waals surface area contributed by atoms with Crippen LogP contribution in [0.25, 0.3) is 0 Å². The maximum atomic E-state index is 12.4. The van der Waals surface area contributed by atoms with Gasteiger partial charge in [-0.15, -0.1) is 11.3 Å². The third-order valence-corrected chi connectivity index (χ3v) is 5.22. The number of benzene rings is 1. The zero-order valence-electron chi connectivity index (χ0n) is 13.1. The van der Waals surface area contributed by atoms with E-state index in [0.29, 0.717) is 6.54 Å². The van der Waals surface area contributed by atoms with Gasteiger partial charge in [0.1, 0.15) is 0 Å². The van der Waals surface area contributed by atoms with E-state index in [9.17, 15) is 4.79 Å². The van der Waals surface area contributed by atoms with Crippen molar-refractivity contribution in [3.05, 3.63) is 57.3 Å². The number of hydrogen-bond donors (Lipinski definition) is 1. The van der Waals surface area contributed by atoms with Crippen molar-refractivity contribution in [3.8, 4) is 0 Å². The Morgan fingerprint density at radius 3 is 3.00 bits per heavy atom. The van der Waals surface area contributed by atoms with Crippen molar-refractivity contribution in [3.63, 3.8) is 0 Å². The molecular formula is C18H22N2OS. The van der Waals surface area contributed by atoms with Gasteiger partial charge in [-0.25, -0.2) is 0 Å². The molecule has 0 bridgehead atoms. The highest BCUT2D eigenvalue weighted by molar-refractivity contribution is 7.09. The molecule has 3 rings (SSSR count). The maximum absolute atomic E-state index is 12.4. The number of rotatable bonds is 4. The quantitative estimate of drug-likeness (QED) is 0.940. The minimum absolute atomic E-state index is 0.0885. The molecule has 1 aromatic carbocycles. The normalized spacial score (nSPS) is 16.1. The van der Waals surface area contributed by atoms with Gasteiger partial charge in [0, 0.05) is 18.0 Å². The van der Waals surface area contributed by atoms with Crippen LogP contribution in [0.5, 0.6) is 0 Å². The number of thiophene rings is 1. The molecule has 1 aromatic heterocycles. The van der Waals surface area contributed by atoms with Gasteiger partial charge in [-0.3, -0.25) is 9.69 Å². The largest absolute Gasteiger partial charge is 0.350 e. The van der Waals surface area contributed by atoms with Crippen molar-refractivity contribution in [2.24, 2.45) is 0 Å². The van der Waals surface area contributed by atoms with Crippen molar-refractivity contribution in [1.82, 2.24) is 10.2 Å². The molecule has 1 amide bonds. The summed E-state index contributed by atoms with van der Waals surface area (Å²) in [5, 5.41) is 5.08. The maximum Gasteiger partial charge on any atom is 0.237 e. The molecule has 4 heteroatoms. The van der Waals surface area contributed by atoms with Crippen molar-refractivity contribution in [1.29, 1.82) is 0 Å². The highest BCUT2D eigenvalue weighted by Crippen LogP contribution is 2.21. The lowest BCUT2D eigenvalue weighted by Gasteiger charge is -2.33. The highest BCUT2D eigenvalue weighted by atomic mass is 32.1. The molecule has 1 aliphatic heterocycles. The molecule has 2 heterocycles. The highest BCUT2D eigenvalue weighted by Gasteiger charge is 2.25. The number of carbonyl (C=O) groups excluding carboxylic acids is 1. The molecule has 1 unspecified atom stereocenters. The first kappa shape index (κ1) is 15.3. The topological polar surface area (TPSA) is 32.3 Å². The molecule has 3 nitrogen and oxygen atoms in total. The number of fused-ring (bicyclic) bond motifs is 1. The number of carbonyl (C=O) groups is 1. The Morgan fingerprint density at radius 1 is 1.36 bits per heavy atom. The molecule has 1 aliphatic rings. The average molecular weight is 314 g/mol. The Hall–Kier alpha value is -1.65. The van der Waals surface area contributed by atoms with Crippen molar-refractivity contribution in [2.45, 2.75) is 39.4 Å². The lowest BCUT2D eigenvalue weighted by molar-refractivity contribution is -0.126. The first-order valence-electron chi connectivity index (χ1n) is 7.76. The van der Waals surface area contributed by atoms with Gasteiger partial charge < -0.3 is 5.32 Å². The zero-order chi connectivity index (χ0) is 15.5. The van der Waals surface area contributed by atoms with Crippen LogP contribution < -0.4 is 5.32 Å². The predicted octanol–water partition coefficient (Wildman–Crippen LogP) is 3.12. The number of nitrogens with one attached hydrogen (secondary N) is 1. The minimum atomic E-state index is -0.0885. The Kier molecular flexibility index (Phi) is 4.60. The lowest BCUT2D eigenvalue weighted by Crippen LogP contribution is -2.46. The first-order chi connectivity index (χ1) is 10.6. The van der Waals surface area contributed by atoms with E-state index in [1.54, 1.807) is 11.3 Å². The summed E-state index contributed by atoms with van der Waals surface area (Å²) in [6.07, 6.45) is 1.03. The number of hydrogen-bond acceptors (Lipinski definition) is 3. The van der Waals surface area contributed by atoms with Crippen molar-refractivity contribution in [2.75, 3.05) is 6.54 Å². The Labute approximate surface area is 136 Å². The van der Waals surface area contributed by atoms with Gasteiger partial charge in [-0.2, -0.15) is 0 Å². The van der Waals surface area contributed by atoms with Crippen LogP contribution in [0.1, 0.15) is 28.5 Å². The number of nitrogens with zero attached hydrogens (tertiary/aromatic N) is 1. The van der Waals surface area contributed by atoms with Gasteiger partial charge in [-0.1, -0.05) is 29.8 Å². The van der Waals surface area contributed by atoms with Crippen LogP contribution in [-0.2, 0) is 24.3 Å². The summed E-state index contributed by atoms with van der Waals surface area (Å²) in [4.78, 5) is 15.8. The third-order valence-electron chi connectivity index (χ3n) is 4.35. The summed E-state index contributed by atoms with van der Waals surface area (Å²) in [7, 11) is 0. The molecule has 22 heavy (non-hydrogen) atoms. The molecule has 0 radical (unpaired) electrons. The fourth-order valence-electron chi connectivity index (χ4n) is 2.94. The fraction of sp³-hybridized carbons (Fsp3) is 0.389. The predicted molar refractivity (Wildman–Crippen MR) is 90.9 cm³/mol. The minimum Gasteiger partial charge on any atom is -0.350 e. The van der Waals surface area contributed by atoms with Crippen LogP contribution in [0.15, 0.2) is 35.7 Å². The molecule has 1 atom stereocenters. The van der Waals surface area contributed by atoms with Gasteiger partial charge in [0.25, 0.3) is 0 Å². The van der Waals surface area contributed by atoms with Crippen molar-refractivity contribution >= 4 is 17.2 Å². The van der Waals surface area contributed by atoms with Crippen LogP contribution in [0.2, 0.25) is 0 Å². The summed E-state index contributed by atoms with van der Waals surface area (Å²) >= 11 is 1.68. The monoisotopic (exact) mass is 314 g/mol. The first-order valence-corrected chi connectivity index (χ1v) is 8.64. The molecule has 0 aliphatic carbocycles. The second-order valence-electron chi connectivity index (χ2n) is 5.97. The molecule has 2 aromatic rings. The number of amides is 1. The second kappa shape index (κ2) is 6.63. The molecule has 1 N–H and O–H groups in total. The second-order valence-corrected chi connectivity index (χ2v) is 7.00. The van der Waals surface area contributed by atoms with Crippen molar-refractivity contribution < 1.29 is 4.79 Å². The van der Waals surface area contributed by atoms with Gasteiger partial charge in [0.05, 0.1) is 12.6 Å². The molecule has 0 fully saturated rings. The van der Waals surface area contributed by atoms with Crippen LogP contribution in [-0.4, -0.2) is 23.4 Å². The molecule has 0 saturated heterocycles. The Morgan fingerprint density at radius 2 is 2.23 bits per heavy atom. The number of aryl methyl sites for hydroxylation is 1. The van der Waals surface area contributed by atoms with Gasteiger partial charge in [0.2, 0.25) is 5.91 Å². The lowest BCUT2D eigenvalue weighted by atomic mass is 9.96. The summed E-state index contributed by atoms with van der Waals surface area (Å²) in [5.41, 5.74) is 4.10. The molecule has 0 spiro atoms. The smallest absolute Gasteiger partial charge is 0.237 e. The summed E-state index contributed by atoms with van der Waals surface area (Å²) in [6.45, 7) is 6.58. The SMILES string of the molecule is Cc1ccc2c(c1)CCN(C(C)C(=O)NCc1cccs1)C2. The van der Waals surface area contributed by atoms with Gasteiger partial charge >= 0.3 is 0 Å². The van der Waals surface area contributed by atoms with E-state index in [0.717, 1.165) is 19.5 Å². The van der Waals surface area contributed by atoms with Crippen LogP contribution in [0.3, 0.4) is 0 Å². The summed E-state index contributed by atoms with van der Waals surface area (Å²) < 4.78 is 0. The van der Waals surface area contributed by atoms with E-state index < -0.39 is 0 Å². The molecule has 116 valence electrons. The van der Waals surface area contributed by atoms with Crippen LogP contribution in [0, 0.1) is 6.92 Å². The van der Waals surface area contributed by atoms with E-state index in [1.807, 2.05) is 18.4 Å². The van der Waals surface area contributed by atoms with E-state index in [-0.39, 0.29) is 11.9 Å². The molecule has 0 saturated carbocycles. The Bertz CT molecular complexity index is 651. The standard InChI is InChI=1S/C18H22N2OS/c1-13-5-6-16-12-20(8-7-15(16)10-13)14(2)18(21)19-11-17-4-3-9-22-17/h3-6,9-10,14H,7-8,11-12H2,1-2H3,(H,19,21). The average Bonchev–Trinajstić information content (AvgIpc) is 3.04. The van der Waals surface area contributed by atoms with E-state index >= 15 is 0 Å². The molecular weight excluding hydrogens is 292 g/mol. The third kappa shape index (κ3) is 3.39. The van der Waals surface area contributed by atoms with Gasteiger partial charge in [-0.05, 0) is 42.8 Å². The van der Waals surface area contributed by atoms with Crippen LogP contribution in [0.4, 0.5) is 0 Å². The zero-order valence-corrected chi connectivity index (χ0v) is 14.0. The Balaban J connectivity index is 1.59. The van der Waals surface area contributed by atoms with E-state index in [2.05, 4.69) is 41.4 Å². The van der Waals surface area contributed by atoms with Crippen LogP contribution >= 0.6 is 11.3 Å².